The summed E-state index contributed by atoms with van der Waals surface area (Å²) in [5.41, 5.74) is 0.0176. The fourth-order valence-corrected chi connectivity index (χ4v) is 10.9. The minimum absolute atomic E-state index is 0. The van der Waals surface area contributed by atoms with Crippen molar-refractivity contribution in [3.05, 3.63) is 11.6 Å². The number of carbonyl (C=O) groups is 2. The van der Waals surface area contributed by atoms with Crippen LogP contribution >= 0.6 is 0 Å². The van der Waals surface area contributed by atoms with Crippen LogP contribution in [0.2, 0.25) is 0 Å². The van der Waals surface area contributed by atoms with Crippen molar-refractivity contribution in [2.45, 2.75) is 119 Å². The molecule has 5 nitrogen and oxygen atoms in total. The topological polar surface area (TPSA) is 90.2 Å². The maximum Gasteiger partial charge on any atom is 1.00 e. The molecule has 5 rings (SSSR count). The van der Waals surface area contributed by atoms with Crippen molar-refractivity contribution in [3.8, 4) is 6.07 Å². The molecule has 5 aliphatic carbocycles. The van der Waals surface area contributed by atoms with Gasteiger partial charge in [0.1, 0.15) is 0 Å². The van der Waals surface area contributed by atoms with Gasteiger partial charge in [-0.05, 0) is 103 Å². The van der Waals surface area contributed by atoms with E-state index in [2.05, 4.69) is 47.6 Å². The number of ether oxygens (including phenoxy) is 1. The number of hydrogen-bond donors (Lipinski definition) is 0. The number of nitriles is 1. The van der Waals surface area contributed by atoms with Gasteiger partial charge in [-0.3, -0.25) is 4.79 Å². The molecule has 0 N–H and O–H groups in total. The molecule has 0 unspecified atom stereocenters. The van der Waals surface area contributed by atoms with Gasteiger partial charge in [0.05, 0.1) is 25.2 Å². The van der Waals surface area contributed by atoms with E-state index in [-0.39, 0.29) is 102 Å². The first kappa shape index (κ1) is 31.9. The van der Waals surface area contributed by atoms with Crippen LogP contribution in [0.3, 0.4) is 0 Å². The second kappa shape index (κ2) is 10.3. The second-order valence-corrected chi connectivity index (χ2v) is 15.7. The Hall–Kier alpha value is -0.0336. The summed E-state index contributed by atoms with van der Waals surface area (Å²) in [5, 5.41) is 21.2. The number of nitrogens with zero attached hydrogens (tertiary/aromatic N) is 1. The first-order chi connectivity index (χ1) is 17.6. The molecule has 4 saturated carbocycles. The summed E-state index contributed by atoms with van der Waals surface area (Å²) in [7, 11) is 0. The number of allylic oxidation sites excluding steroid dienone is 2. The Labute approximate surface area is 278 Å². The van der Waals surface area contributed by atoms with Crippen molar-refractivity contribution in [1.82, 2.24) is 0 Å². The number of rotatable bonds is 4. The summed E-state index contributed by atoms with van der Waals surface area (Å²) < 4.78 is 6.26. The molecule has 0 amide bonds. The predicted octanol–water partition coefficient (Wildman–Crippen LogP) is 3.02. The maximum atomic E-state index is 14.4. The molecule has 0 aromatic rings. The van der Waals surface area contributed by atoms with E-state index < -0.39 is 11.4 Å². The van der Waals surface area contributed by atoms with Gasteiger partial charge in [-0.1, -0.05) is 54.0 Å². The van der Waals surface area contributed by atoms with Crippen LogP contribution in [0.25, 0.3) is 0 Å². The van der Waals surface area contributed by atoms with Crippen molar-refractivity contribution in [1.29, 1.82) is 5.26 Å². The van der Waals surface area contributed by atoms with Crippen molar-refractivity contribution in [2.75, 3.05) is 6.61 Å². The molecule has 0 aromatic carbocycles. The van der Waals surface area contributed by atoms with Gasteiger partial charge in [-0.2, -0.15) is 5.26 Å². The molecule has 4 fully saturated rings. The summed E-state index contributed by atoms with van der Waals surface area (Å²) in [4.78, 5) is 26.6. The fourth-order valence-electron chi connectivity index (χ4n) is 10.9. The van der Waals surface area contributed by atoms with Crippen LogP contribution in [0, 0.1) is 61.6 Å². The van der Waals surface area contributed by atoms with E-state index in [4.69, 9.17) is 10.00 Å². The van der Waals surface area contributed by atoms with Gasteiger partial charge < -0.3 is 14.6 Å². The zero-order chi connectivity index (χ0) is 27.9. The Morgan fingerprint density at radius 2 is 1.69 bits per heavy atom. The van der Waals surface area contributed by atoms with Crippen LogP contribution in [0.5, 0.6) is 0 Å². The van der Waals surface area contributed by atoms with Crippen LogP contribution in [-0.4, -0.2) is 24.5 Å². The van der Waals surface area contributed by atoms with Crippen molar-refractivity contribution in [3.63, 3.8) is 0 Å². The number of aliphatic carboxylic acids is 1. The average molecular weight is 562 g/mol. The molecule has 0 spiro atoms. The van der Waals surface area contributed by atoms with Gasteiger partial charge in [0, 0.05) is 17.3 Å². The average Bonchev–Trinajstić information content (AvgIpc) is 2.83. The summed E-state index contributed by atoms with van der Waals surface area (Å²) in [6, 6.07) is 2.20. The number of hydrogen-bond acceptors (Lipinski definition) is 5. The monoisotopic (exact) mass is 561 g/mol. The first-order valence-electron chi connectivity index (χ1n) is 15.1. The van der Waals surface area contributed by atoms with Crippen molar-refractivity contribution < 1.29 is 70.8 Å². The van der Waals surface area contributed by atoms with Gasteiger partial charge in [-0.15, -0.1) is 0 Å². The third-order valence-corrected chi connectivity index (χ3v) is 13.5. The molecule has 0 bridgehead atoms. The van der Waals surface area contributed by atoms with E-state index in [1.54, 1.807) is 0 Å². The van der Waals surface area contributed by atoms with Crippen LogP contribution in [0.15, 0.2) is 11.6 Å². The minimum Gasteiger partial charge on any atom is -0.550 e. The van der Waals surface area contributed by atoms with E-state index in [9.17, 15) is 14.7 Å². The normalized spacial score (nSPS) is 48.2. The number of fused-ring (bicyclic) bond motifs is 7. The van der Waals surface area contributed by atoms with Gasteiger partial charge in [0.2, 0.25) is 0 Å². The summed E-state index contributed by atoms with van der Waals surface area (Å²) in [5.74, 6) is -0.214. The van der Waals surface area contributed by atoms with E-state index in [0.717, 1.165) is 44.9 Å². The molecule has 5 aliphatic rings. The molecule has 39 heavy (non-hydrogen) atoms. The van der Waals surface area contributed by atoms with Crippen LogP contribution in [-0.2, 0) is 14.3 Å². The van der Waals surface area contributed by atoms with Crippen LogP contribution < -0.4 is 56.5 Å². The Balaban J connectivity index is 0.00000353. The molecule has 210 valence electrons. The molecule has 0 radical (unpaired) electrons. The van der Waals surface area contributed by atoms with Gasteiger partial charge in [0.25, 0.3) is 0 Å². The minimum atomic E-state index is -0.942. The number of carboxylic acid groups (broad SMARTS) is 1. The van der Waals surface area contributed by atoms with Gasteiger partial charge in [-0.25, -0.2) is 0 Å². The third-order valence-electron chi connectivity index (χ3n) is 13.5. The largest absolute Gasteiger partial charge is 1.00 e. The van der Waals surface area contributed by atoms with E-state index >= 15 is 0 Å². The van der Waals surface area contributed by atoms with E-state index in [0.29, 0.717) is 31.8 Å². The van der Waals surface area contributed by atoms with E-state index in [1.807, 2.05) is 13.0 Å². The third kappa shape index (κ3) is 4.46. The molecule has 0 saturated heterocycles. The summed E-state index contributed by atoms with van der Waals surface area (Å²) >= 11 is 0. The molecule has 0 aromatic heterocycles. The molecular formula is C33H48KNO4. The van der Waals surface area contributed by atoms with Crippen molar-refractivity contribution >= 4 is 11.8 Å². The molecular weight excluding hydrogens is 513 g/mol. The number of ketones is 1. The first-order valence-corrected chi connectivity index (χ1v) is 15.1. The molecule has 9 atom stereocenters. The molecule has 0 heterocycles. The SMILES string of the molecule is CC1(C)[C@@H](OCCC#N)CC[C@]2(C)[C@H]3C(=O)C=C4[C@@H]5C[C@@](C)(C(=O)[O-])CC[C@]5(C)CC[C@@]4(C)[C@]3(C)CC[C@@H]12.[K+]. The summed E-state index contributed by atoms with van der Waals surface area (Å²) in [6.07, 6.45) is 10.8. The zero-order valence-electron chi connectivity index (χ0n) is 25.7. The van der Waals surface area contributed by atoms with Crippen molar-refractivity contribution in [2.24, 2.45) is 50.2 Å². The Kier molecular flexibility index (Phi) is 8.42. The second-order valence-electron chi connectivity index (χ2n) is 15.7. The van der Waals surface area contributed by atoms with Gasteiger partial charge >= 0.3 is 51.4 Å². The Morgan fingerprint density at radius 1 is 1.03 bits per heavy atom. The molecule has 0 aliphatic heterocycles. The quantitative estimate of drug-likeness (QED) is 0.389. The standard InChI is InChI=1S/C33H49NO4.K/c1-28(2)24-9-12-33(7)26(31(24,5)11-10-25(28)38-18-8-17-34)23(35)19-21-22-20-30(4,27(36)37)14-13-29(22,3)15-16-32(21,33)6;/h19,22,24-26H,8-16,18,20H2,1-7H3,(H,36,37);/q;+1/p-1/t22-,24-,25-,26+,29+,30-,31-,32+,33+;/m0./s1. The molecule has 6 heteroatoms. The Bertz CT molecular complexity index is 1110. The van der Waals surface area contributed by atoms with Crippen LogP contribution in [0.4, 0.5) is 0 Å². The van der Waals surface area contributed by atoms with Gasteiger partial charge in [0.15, 0.2) is 5.78 Å². The zero-order valence-corrected chi connectivity index (χ0v) is 28.9. The maximum absolute atomic E-state index is 14.4. The smallest absolute Gasteiger partial charge is 0.550 e. The van der Waals surface area contributed by atoms with Crippen LogP contribution in [0.1, 0.15) is 113 Å². The summed E-state index contributed by atoms with van der Waals surface area (Å²) in [6.45, 7) is 16.5. The number of carbonyl (C=O) groups excluding carboxylic acids is 2. The van der Waals surface area contributed by atoms with E-state index in [1.165, 1.54) is 5.57 Å². The fraction of sp³-hybridized carbons (Fsp3) is 0.848. The number of carboxylic acids is 1. The predicted molar refractivity (Wildman–Crippen MR) is 144 cm³/mol. The Morgan fingerprint density at radius 3 is 2.33 bits per heavy atom.